The monoisotopic (exact) mass is 472 g/mol. The first kappa shape index (κ1) is 26.9. The van der Waals surface area contributed by atoms with Crippen molar-refractivity contribution < 1.29 is 34.2 Å². The second kappa shape index (κ2) is 13.3. The second-order valence-corrected chi connectivity index (χ2v) is 7.94. The molecule has 0 aliphatic rings. The lowest BCUT2D eigenvalue weighted by Gasteiger charge is -2.23. The molecular formula is C18H28N6O7S. The SMILES string of the molecule is CSCCC(NC(=O)C(N)CC(=O)O)C(=O)NC(C)C(=O)NC(Cc1cnc[nH]1)C(=O)O. The van der Waals surface area contributed by atoms with Crippen LogP contribution in [0.4, 0.5) is 0 Å². The summed E-state index contributed by atoms with van der Waals surface area (Å²) in [4.78, 5) is 65.9. The average Bonchev–Trinajstić information content (AvgIpc) is 3.22. The maximum Gasteiger partial charge on any atom is 0.326 e. The lowest BCUT2D eigenvalue weighted by Crippen LogP contribution is -2.56. The number of carboxylic acid groups (broad SMARTS) is 2. The number of imidazole rings is 1. The lowest BCUT2D eigenvalue weighted by atomic mass is 10.1. The van der Waals surface area contributed by atoms with Gasteiger partial charge in [0.25, 0.3) is 0 Å². The van der Waals surface area contributed by atoms with Crippen LogP contribution < -0.4 is 21.7 Å². The van der Waals surface area contributed by atoms with Crippen LogP contribution in [0.3, 0.4) is 0 Å². The third kappa shape index (κ3) is 9.34. The number of nitrogens with one attached hydrogen (secondary N) is 4. The van der Waals surface area contributed by atoms with Gasteiger partial charge in [0.05, 0.1) is 18.8 Å². The topological polar surface area (TPSA) is 217 Å². The number of carbonyl (C=O) groups excluding carboxylic acids is 3. The summed E-state index contributed by atoms with van der Waals surface area (Å²) in [5.74, 6) is -4.24. The van der Waals surface area contributed by atoms with Crippen molar-refractivity contribution in [3.05, 3.63) is 18.2 Å². The zero-order valence-corrected chi connectivity index (χ0v) is 18.5. The van der Waals surface area contributed by atoms with Gasteiger partial charge in [-0.3, -0.25) is 19.2 Å². The number of aromatic nitrogens is 2. The molecular weight excluding hydrogens is 444 g/mol. The van der Waals surface area contributed by atoms with E-state index in [0.29, 0.717) is 11.4 Å². The number of aliphatic carboxylic acids is 2. The van der Waals surface area contributed by atoms with E-state index in [2.05, 4.69) is 25.9 Å². The van der Waals surface area contributed by atoms with E-state index in [1.54, 1.807) is 6.26 Å². The molecule has 3 amide bonds. The summed E-state index contributed by atoms with van der Waals surface area (Å²) in [5, 5.41) is 25.3. The molecule has 1 aromatic heterocycles. The number of amides is 3. The van der Waals surface area contributed by atoms with E-state index in [9.17, 15) is 29.1 Å². The maximum absolute atomic E-state index is 12.6. The first-order valence-corrected chi connectivity index (χ1v) is 11.0. The minimum Gasteiger partial charge on any atom is -0.481 e. The van der Waals surface area contributed by atoms with E-state index in [4.69, 9.17) is 10.8 Å². The summed E-state index contributed by atoms with van der Waals surface area (Å²) >= 11 is 1.42. The number of nitrogens with two attached hydrogens (primary N) is 1. The molecule has 0 saturated carbocycles. The predicted molar refractivity (Wildman–Crippen MR) is 115 cm³/mol. The Balaban J connectivity index is 2.73. The molecule has 0 radical (unpaired) electrons. The number of nitrogens with zero attached hydrogens (tertiary/aromatic N) is 1. The number of hydrogen-bond acceptors (Lipinski definition) is 8. The van der Waals surface area contributed by atoms with E-state index in [1.165, 1.54) is 31.2 Å². The predicted octanol–water partition coefficient (Wildman–Crippen LogP) is -1.93. The molecule has 0 aliphatic heterocycles. The molecule has 14 heteroatoms. The van der Waals surface area contributed by atoms with Gasteiger partial charge in [-0.25, -0.2) is 9.78 Å². The zero-order chi connectivity index (χ0) is 24.3. The number of carbonyl (C=O) groups is 5. The van der Waals surface area contributed by atoms with Gasteiger partial charge >= 0.3 is 11.9 Å². The number of rotatable bonds is 14. The van der Waals surface area contributed by atoms with Crippen LogP contribution in [0.15, 0.2) is 12.5 Å². The Morgan fingerprint density at radius 1 is 1.09 bits per heavy atom. The highest BCUT2D eigenvalue weighted by Gasteiger charge is 2.28. The lowest BCUT2D eigenvalue weighted by molar-refractivity contribution is -0.142. The quantitative estimate of drug-likeness (QED) is 0.159. The Kier molecular flexibility index (Phi) is 11.2. The van der Waals surface area contributed by atoms with Crippen LogP contribution in [-0.4, -0.2) is 86.0 Å². The van der Waals surface area contributed by atoms with Crippen LogP contribution in [-0.2, 0) is 30.4 Å². The van der Waals surface area contributed by atoms with Crippen molar-refractivity contribution in [2.45, 2.75) is 50.4 Å². The van der Waals surface area contributed by atoms with Crippen LogP contribution in [0.25, 0.3) is 0 Å². The van der Waals surface area contributed by atoms with Gasteiger partial charge in [-0.05, 0) is 25.4 Å². The Morgan fingerprint density at radius 3 is 2.28 bits per heavy atom. The fraction of sp³-hybridized carbons (Fsp3) is 0.556. The van der Waals surface area contributed by atoms with E-state index in [1.807, 2.05) is 0 Å². The van der Waals surface area contributed by atoms with Gasteiger partial charge < -0.3 is 36.9 Å². The first-order chi connectivity index (χ1) is 15.0. The largest absolute Gasteiger partial charge is 0.481 e. The Bertz CT molecular complexity index is 804. The molecule has 0 fully saturated rings. The molecule has 1 aromatic rings. The van der Waals surface area contributed by atoms with E-state index in [-0.39, 0.29) is 12.8 Å². The minimum atomic E-state index is -1.34. The molecule has 1 rings (SSSR count). The fourth-order valence-corrected chi connectivity index (χ4v) is 3.03. The van der Waals surface area contributed by atoms with Gasteiger partial charge in [0, 0.05) is 18.3 Å². The molecule has 178 valence electrons. The molecule has 1 heterocycles. The average molecular weight is 473 g/mol. The smallest absolute Gasteiger partial charge is 0.326 e. The van der Waals surface area contributed by atoms with E-state index < -0.39 is 60.2 Å². The zero-order valence-electron chi connectivity index (χ0n) is 17.7. The van der Waals surface area contributed by atoms with Gasteiger partial charge in [0.2, 0.25) is 17.7 Å². The molecule has 0 aliphatic carbocycles. The van der Waals surface area contributed by atoms with Gasteiger partial charge in [-0.15, -0.1) is 0 Å². The normalized spacial score (nSPS) is 14.5. The number of hydrogen-bond donors (Lipinski definition) is 7. The summed E-state index contributed by atoms with van der Waals surface area (Å²) in [6, 6.07) is -4.74. The molecule has 0 aromatic carbocycles. The number of aromatic amines is 1. The van der Waals surface area contributed by atoms with Crippen molar-refractivity contribution >= 4 is 41.4 Å². The van der Waals surface area contributed by atoms with E-state index in [0.717, 1.165) is 0 Å². The highest BCUT2D eigenvalue weighted by molar-refractivity contribution is 7.98. The number of carboxylic acids is 2. The van der Waals surface area contributed by atoms with Gasteiger partial charge in [-0.2, -0.15) is 11.8 Å². The van der Waals surface area contributed by atoms with E-state index >= 15 is 0 Å². The van der Waals surface area contributed by atoms with Crippen molar-refractivity contribution in [1.29, 1.82) is 0 Å². The fourth-order valence-electron chi connectivity index (χ4n) is 2.56. The highest BCUT2D eigenvalue weighted by atomic mass is 32.2. The molecule has 4 unspecified atom stereocenters. The Hall–Kier alpha value is -3.13. The summed E-state index contributed by atoms with van der Waals surface area (Å²) in [6.07, 6.45) is 4.19. The Labute approximate surface area is 188 Å². The van der Waals surface area contributed by atoms with Crippen LogP contribution in [0.2, 0.25) is 0 Å². The van der Waals surface area contributed by atoms with Crippen LogP contribution in [0.1, 0.15) is 25.5 Å². The first-order valence-electron chi connectivity index (χ1n) is 9.62. The van der Waals surface area contributed by atoms with Crippen molar-refractivity contribution in [3.8, 4) is 0 Å². The summed E-state index contributed by atoms with van der Waals surface area (Å²) in [7, 11) is 0. The second-order valence-electron chi connectivity index (χ2n) is 6.96. The number of thioether (sulfide) groups is 1. The minimum absolute atomic E-state index is 0.0321. The standard InChI is InChI=1S/C18H28N6O7S/c1-9(15(27)24-13(18(30)31)5-10-7-20-8-21-10)22-17(29)12(3-4-32-2)23-16(28)11(19)6-14(25)26/h7-9,11-13H,3-6,19H2,1-2H3,(H,20,21)(H,22,29)(H,23,28)(H,24,27)(H,25,26)(H,30,31). The third-order valence-corrected chi connectivity index (χ3v) is 4.96. The van der Waals surface area contributed by atoms with Gasteiger partial charge in [0.15, 0.2) is 0 Å². The van der Waals surface area contributed by atoms with Gasteiger partial charge in [0.1, 0.15) is 18.1 Å². The molecule has 13 nitrogen and oxygen atoms in total. The summed E-state index contributed by atoms with van der Waals surface area (Å²) in [6.45, 7) is 1.37. The van der Waals surface area contributed by atoms with Crippen LogP contribution in [0.5, 0.6) is 0 Å². The molecule has 0 saturated heterocycles. The molecule has 4 atom stereocenters. The number of H-pyrrole nitrogens is 1. The Morgan fingerprint density at radius 2 is 1.75 bits per heavy atom. The van der Waals surface area contributed by atoms with Crippen molar-refractivity contribution in [1.82, 2.24) is 25.9 Å². The molecule has 32 heavy (non-hydrogen) atoms. The van der Waals surface area contributed by atoms with Gasteiger partial charge in [-0.1, -0.05) is 0 Å². The summed E-state index contributed by atoms with van der Waals surface area (Å²) in [5.41, 5.74) is 6.03. The highest BCUT2D eigenvalue weighted by Crippen LogP contribution is 2.04. The molecule has 8 N–H and O–H groups in total. The van der Waals surface area contributed by atoms with Crippen molar-refractivity contribution in [2.75, 3.05) is 12.0 Å². The molecule has 0 spiro atoms. The van der Waals surface area contributed by atoms with Crippen molar-refractivity contribution in [3.63, 3.8) is 0 Å². The summed E-state index contributed by atoms with van der Waals surface area (Å²) < 4.78 is 0. The maximum atomic E-state index is 12.6. The third-order valence-electron chi connectivity index (χ3n) is 4.32. The van der Waals surface area contributed by atoms with Crippen molar-refractivity contribution in [2.24, 2.45) is 5.73 Å². The van der Waals surface area contributed by atoms with Crippen LogP contribution >= 0.6 is 11.8 Å². The van der Waals surface area contributed by atoms with Crippen LogP contribution in [0, 0.1) is 0 Å². The molecule has 0 bridgehead atoms.